The van der Waals surface area contributed by atoms with Gasteiger partial charge in [0.15, 0.2) is 5.75 Å². The SMILES string of the molecule is CCc1ccc(N2CCN(CC(=O)N/N=C/c3c4c(O)c5c(O)c(C)c6c(c5c3O)C(=O)[C@@](C)(O/C=C/[C@H](OC)[C@@H](C)[C@@H](OC(C)=O)[C@H](C)[C@H](O)[C@H](C)[C@@H](O)[C@@H](C)/C=C/C=C(/C)C(=O)N4)O6)CC2)cc1. The lowest BCUT2D eigenvalue weighted by Crippen LogP contribution is -2.49. The topological polar surface area (TPSA) is 249 Å². The number of ketones is 1. The van der Waals surface area contributed by atoms with Gasteiger partial charge in [-0.15, -0.1) is 0 Å². The number of phenols is 3. The van der Waals surface area contributed by atoms with Crippen molar-refractivity contribution in [1.82, 2.24) is 10.3 Å². The average Bonchev–Trinajstić information content (AvgIpc) is 3.60. The number of anilines is 2. The average molecular weight is 970 g/mol. The number of aromatic hydroxyl groups is 3. The van der Waals surface area contributed by atoms with Crippen molar-refractivity contribution >= 4 is 51.9 Å². The number of fused-ring (bicyclic) bond motifs is 14. The first-order valence-corrected chi connectivity index (χ1v) is 23.6. The molecule has 2 amide bonds. The smallest absolute Gasteiger partial charge is 0.312 e. The molecule has 0 saturated carbocycles. The molecule has 9 atom stereocenters. The van der Waals surface area contributed by atoms with E-state index < -0.39 is 106 Å². The van der Waals surface area contributed by atoms with Gasteiger partial charge in [-0.3, -0.25) is 24.1 Å². The van der Waals surface area contributed by atoms with Crippen LogP contribution < -0.4 is 20.4 Å². The first-order valence-electron chi connectivity index (χ1n) is 23.6. The summed E-state index contributed by atoms with van der Waals surface area (Å²) in [5.41, 5.74) is 3.93. The lowest BCUT2D eigenvalue weighted by atomic mass is 9.78. The number of methoxy groups -OCH3 is 1. The largest absolute Gasteiger partial charge is 0.507 e. The predicted molar refractivity (Wildman–Crippen MR) is 264 cm³/mol. The Morgan fingerprint density at radius 1 is 0.929 bits per heavy atom. The van der Waals surface area contributed by atoms with E-state index in [0.29, 0.717) is 26.2 Å². The number of phenolic OH excluding ortho intramolecular Hbond substituents is 3. The van der Waals surface area contributed by atoms with Crippen LogP contribution in [0.4, 0.5) is 11.4 Å². The molecule has 0 radical (unpaired) electrons. The number of amides is 2. The molecule has 7 N–H and O–H groups in total. The quantitative estimate of drug-likeness (QED) is 0.0478. The van der Waals surface area contributed by atoms with Crippen LogP contribution in [0, 0.1) is 30.6 Å². The van der Waals surface area contributed by atoms with Crippen LogP contribution in [0.3, 0.4) is 0 Å². The summed E-state index contributed by atoms with van der Waals surface area (Å²) in [6.07, 6.45) is 5.23. The summed E-state index contributed by atoms with van der Waals surface area (Å²) in [6.45, 7) is 17.1. The fourth-order valence-corrected chi connectivity index (χ4v) is 9.39. The molecule has 3 aromatic carbocycles. The van der Waals surface area contributed by atoms with E-state index in [2.05, 4.69) is 51.9 Å². The number of benzene rings is 3. The molecule has 5 bridgehead atoms. The molecule has 3 aromatic rings. The van der Waals surface area contributed by atoms with E-state index in [1.807, 2.05) is 4.90 Å². The van der Waals surface area contributed by atoms with Crippen molar-refractivity contribution in [3.05, 3.63) is 82.7 Å². The Kier molecular flexibility index (Phi) is 16.7. The minimum Gasteiger partial charge on any atom is -0.507 e. The van der Waals surface area contributed by atoms with Crippen molar-refractivity contribution < 1.29 is 63.7 Å². The summed E-state index contributed by atoms with van der Waals surface area (Å²) >= 11 is 0. The third-order valence-corrected chi connectivity index (χ3v) is 13.9. The standard InChI is InChI=1S/C52H67N5O13/c1-11-34-15-17-35(18-16-34)57-22-20-56(21-23-57)26-38(59)55-53-25-36-42-47(64)40-39(46(36)63)41-49(32(7)45(40)62)70-52(9,50(41)65)68-24-19-37(67-10)29(4)48(69-33(8)58)31(6)44(61)30(5)43(60)27(2)13-12-14-28(3)51(66)54-42/h12-19,24-25,27,29-31,37,43-44,48,60-64H,11,20-23,26H2,1-10H3,(H,54,66)(H,55,59)/b13-12+,24-19+,28-14-,53-25+/t27-,29+,30+,31+,37-,43-,44+,48+,52-/m0/s1. The molecular formula is C52H67N5O13. The molecule has 4 heterocycles. The highest BCUT2D eigenvalue weighted by molar-refractivity contribution is 6.24. The molecule has 4 aliphatic rings. The van der Waals surface area contributed by atoms with Crippen molar-refractivity contribution in [2.45, 2.75) is 98.9 Å². The zero-order valence-corrected chi connectivity index (χ0v) is 41.5. The van der Waals surface area contributed by atoms with Crippen molar-refractivity contribution in [2.24, 2.45) is 28.8 Å². The number of esters is 1. The van der Waals surface area contributed by atoms with Gasteiger partial charge in [0.25, 0.3) is 17.6 Å². The van der Waals surface area contributed by atoms with Gasteiger partial charge in [-0.25, -0.2) is 5.43 Å². The first-order chi connectivity index (χ1) is 33.1. The van der Waals surface area contributed by atoms with Gasteiger partial charge in [0.1, 0.15) is 23.4 Å². The molecule has 0 aromatic heterocycles. The van der Waals surface area contributed by atoms with Crippen molar-refractivity contribution in [1.29, 1.82) is 0 Å². The maximum atomic E-state index is 14.6. The Bertz CT molecular complexity index is 2580. The zero-order valence-electron chi connectivity index (χ0n) is 41.5. The van der Waals surface area contributed by atoms with Crippen LogP contribution in [0.1, 0.15) is 82.4 Å². The number of carbonyl (C=O) groups excluding carboxylic acids is 4. The highest BCUT2D eigenvalue weighted by Gasteiger charge is 2.50. The lowest BCUT2D eigenvalue weighted by Gasteiger charge is -2.38. The summed E-state index contributed by atoms with van der Waals surface area (Å²) in [6, 6.07) is 8.41. The molecule has 4 aliphatic heterocycles. The molecule has 70 heavy (non-hydrogen) atoms. The number of piperazine rings is 1. The highest BCUT2D eigenvalue weighted by Crippen LogP contribution is 2.55. The Hall–Kier alpha value is -6.47. The van der Waals surface area contributed by atoms with E-state index in [-0.39, 0.29) is 39.9 Å². The van der Waals surface area contributed by atoms with Crippen LogP contribution in [-0.2, 0) is 35.0 Å². The number of hydrogen-bond donors (Lipinski definition) is 7. The summed E-state index contributed by atoms with van der Waals surface area (Å²) in [5, 5.41) is 64.8. The number of rotatable bonds is 8. The van der Waals surface area contributed by atoms with E-state index in [1.54, 1.807) is 39.8 Å². The van der Waals surface area contributed by atoms with Gasteiger partial charge in [0.2, 0.25) is 0 Å². The number of nitrogens with one attached hydrogen (secondary N) is 2. The number of hydrazone groups is 1. The molecule has 0 unspecified atom stereocenters. The summed E-state index contributed by atoms with van der Waals surface area (Å²) in [4.78, 5) is 58.3. The van der Waals surface area contributed by atoms with Gasteiger partial charge < -0.3 is 54.7 Å². The number of allylic oxidation sites excluding steroid dienone is 2. The van der Waals surface area contributed by atoms with E-state index >= 15 is 0 Å². The lowest BCUT2D eigenvalue weighted by molar-refractivity contribution is -0.160. The molecule has 7 rings (SSSR count). The monoisotopic (exact) mass is 969 g/mol. The van der Waals surface area contributed by atoms with Crippen LogP contribution in [0.2, 0.25) is 0 Å². The third kappa shape index (κ3) is 10.9. The first kappa shape index (κ1) is 52.9. The molecule has 0 aliphatic carbocycles. The van der Waals surface area contributed by atoms with E-state index in [9.17, 15) is 44.7 Å². The van der Waals surface area contributed by atoms with Crippen molar-refractivity contribution in [3.63, 3.8) is 0 Å². The van der Waals surface area contributed by atoms with Crippen LogP contribution in [0.25, 0.3) is 10.8 Å². The number of carbonyl (C=O) groups is 4. The van der Waals surface area contributed by atoms with Gasteiger partial charge in [-0.1, -0.05) is 65.0 Å². The Morgan fingerprint density at radius 2 is 1.60 bits per heavy atom. The third-order valence-electron chi connectivity index (χ3n) is 13.9. The maximum absolute atomic E-state index is 14.6. The second-order valence-electron chi connectivity index (χ2n) is 18.7. The Labute approximate surface area is 408 Å². The minimum absolute atomic E-state index is 0.000439. The van der Waals surface area contributed by atoms with Crippen molar-refractivity contribution in [2.75, 3.05) is 50.1 Å². The summed E-state index contributed by atoms with van der Waals surface area (Å²) < 4.78 is 23.6. The van der Waals surface area contributed by atoms with Crippen LogP contribution in [-0.4, -0.2) is 130 Å². The maximum Gasteiger partial charge on any atom is 0.312 e. The summed E-state index contributed by atoms with van der Waals surface area (Å²) in [7, 11) is 1.42. The second kappa shape index (κ2) is 22.1. The predicted octanol–water partition coefficient (Wildman–Crippen LogP) is 5.59. The number of aliphatic hydroxyl groups excluding tert-OH is 2. The van der Waals surface area contributed by atoms with Crippen molar-refractivity contribution in [3.8, 4) is 23.0 Å². The minimum atomic E-state index is -2.11. The van der Waals surface area contributed by atoms with E-state index in [0.717, 1.165) is 18.3 Å². The van der Waals surface area contributed by atoms with Gasteiger partial charge in [0, 0.05) is 93.0 Å². The number of Topliss-reactive ketones (excluding diaryl/α,β-unsaturated/α-hetero) is 1. The van der Waals surface area contributed by atoms with Gasteiger partial charge >= 0.3 is 11.8 Å². The van der Waals surface area contributed by atoms with E-state index in [1.165, 1.54) is 58.8 Å². The normalized spacial score (nSPS) is 28.7. The van der Waals surface area contributed by atoms with Crippen LogP contribution in [0.15, 0.2) is 65.5 Å². The summed E-state index contributed by atoms with van der Waals surface area (Å²) in [5.74, 6) is -9.58. The Morgan fingerprint density at radius 3 is 2.23 bits per heavy atom. The van der Waals surface area contributed by atoms with Crippen LogP contribution in [0.5, 0.6) is 23.0 Å². The molecule has 18 nitrogen and oxygen atoms in total. The molecule has 1 fully saturated rings. The molecular weight excluding hydrogens is 903 g/mol. The number of aliphatic hydroxyl groups is 2. The number of nitrogens with zero attached hydrogens (tertiary/aromatic N) is 3. The zero-order chi connectivity index (χ0) is 51.4. The fourth-order valence-electron chi connectivity index (χ4n) is 9.39. The van der Waals surface area contributed by atoms with Gasteiger partial charge in [-0.2, -0.15) is 5.10 Å². The molecule has 18 heteroatoms. The molecule has 378 valence electrons. The van der Waals surface area contributed by atoms with Gasteiger partial charge in [-0.05, 0) is 44.0 Å². The second-order valence-corrected chi connectivity index (χ2v) is 18.7. The molecule has 1 saturated heterocycles. The molecule has 0 spiro atoms. The fraction of sp³-hybridized carbons (Fsp3) is 0.481. The van der Waals surface area contributed by atoms with E-state index in [4.69, 9.17) is 18.9 Å². The van der Waals surface area contributed by atoms with Gasteiger partial charge in [0.05, 0.1) is 59.5 Å². The Balaban J connectivity index is 1.38. The number of aryl methyl sites for hydroxylation is 1. The number of ether oxygens (including phenoxy) is 4. The highest BCUT2D eigenvalue weighted by atomic mass is 16.7. The number of hydrogen-bond acceptors (Lipinski definition) is 16. The van der Waals surface area contributed by atoms with Crippen LogP contribution >= 0.6 is 0 Å².